The van der Waals surface area contributed by atoms with E-state index in [4.69, 9.17) is 0 Å². The van der Waals surface area contributed by atoms with E-state index in [1.54, 1.807) is 0 Å². The van der Waals surface area contributed by atoms with Crippen LogP contribution in [0.2, 0.25) is 0 Å². The number of benzene rings is 1. The molecule has 4 nitrogen and oxygen atoms in total. The molecule has 1 aliphatic rings. The van der Waals surface area contributed by atoms with Crippen molar-refractivity contribution in [3.63, 3.8) is 0 Å². The summed E-state index contributed by atoms with van der Waals surface area (Å²) >= 11 is 0. The fourth-order valence-electron chi connectivity index (χ4n) is 2.63. The summed E-state index contributed by atoms with van der Waals surface area (Å²) in [6.45, 7) is 4.15. The van der Waals surface area contributed by atoms with Crippen LogP contribution in [0.1, 0.15) is 31.7 Å². The number of nitrogens with one attached hydrogen (secondary N) is 2. The van der Waals surface area contributed by atoms with Gasteiger partial charge in [-0.1, -0.05) is 31.0 Å². The van der Waals surface area contributed by atoms with Crippen molar-refractivity contribution in [3.05, 3.63) is 29.8 Å². The number of urea groups is 1. The average Bonchev–Trinajstić information content (AvgIpc) is 2.74. The molecule has 104 valence electrons. The minimum atomic E-state index is -0.199. The predicted octanol–water partition coefficient (Wildman–Crippen LogP) is 2.67. The summed E-state index contributed by atoms with van der Waals surface area (Å²) < 4.78 is 0. The Morgan fingerprint density at radius 1 is 1.42 bits per heavy atom. The maximum absolute atomic E-state index is 12.0. The Kier molecular flexibility index (Phi) is 4.10. The van der Waals surface area contributed by atoms with Crippen molar-refractivity contribution in [1.29, 1.82) is 0 Å². The number of rotatable bonds is 3. The lowest BCUT2D eigenvalue weighted by molar-refractivity contribution is 0.122. The molecule has 0 heterocycles. The number of carbonyl (C=O) groups excluding carboxylic acids is 1. The summed E-state index contributed by atoms with van der Waals surface area (Å²) in [4.78, 5) is 12.0. The Balaban J connectivity index is 1.92. The number of aliphatic hydroxyl groups excluding tert-OH is 1. The van der Waals surface area contributed by atoms with E-state index in [-0.39, 0.29) is 24.1 Å². The number of anilines is 1. The van der Waals surface area contributed by atoms with Gasteiger partial charge in [0.2, 0.25) is 0 Å². The van der Waals surface area contributed by atoms with Gasteiger partial charge in [-0.05, 0) is 31.9 Å². The van der Waals surface area contributed by atoms with Crippen molar-refractivity contribution >= 4 is 11.7 Å². The Hall–Kier alpha value is -1.55. The zero-order chi connectivity index (χ0) is 13.9. The van der Waals surface area contributed by atoms with E-state index >= 15 is 0 Å². The zero-order valence-corrected chi connectivity index (χ0v) is 11.6. The summed E-state index contributed by atoms with van der Waals surface area (Å²) in [6.07, 6.45) is 2.93. The molecule has 1 aliphatic carbocycles. The molecule has 0 aromatic heterocycles. The second-order valence-corrected chi connectivity index (χ2v) is 5.72. The van der Waals surface area contributed by atoms with Crippen molar-refractivity contribution < 1.29 is 9.90 Å². The molecule has 0 aliphatic heterocycles. The molecule has 0 spiro atoms. The third-order valence-corrected chi connectivity index (χ3v) is 4.06. The van der Waals surface area contributed by atoms with E-state index in [2.05, 4.69) is 10.6 Å². The minimum Gasteiger partial charge on any atom is -0.396 e. The molecule has 4 heteroatoms. The maximum atomic E-state index is 12.0. The van der Waals surface area contributed by atoms with Crippen molar-refractivity contribution in [1.82, 2.24) is 5.32 Å². The van der Waals surface area contributed by atoms with Gasteiger partial charge < -0.3 is 15.7 Å². The lowest BCUT2D eigenvalue weighted by Crippen LogP contribution is -2.46. The Morgan fingerprint density at radius 3 is 2.74 bits per heavy atom. The third-order valence-electron chi connectivity index (χ3n) is 4.06. The largest absolute Gasteiger partial charge is 0.396 e. The Morgan fingerprint density at radius 2 is 2.11 bits per heavy atom. The molecular formula is C15H22N2O2. The summed E-state index contributed by atoms with van der Waals surface area (Å²) in [5.74, 6) is 0. The first kappa shape index (κ1) is 13.9. The molecule has 2 unspecified atom stereocenters. The van der Waals surface area contributed by atoms with Crippen molar-refractivity contribution in [2.45, 2.75) is 39.2 Å². The van der Waals surface area contributed by atoms with Gasteiger partial charge in [0.15, 0.2) is 0 Å². The molecule has 0 bridgehead atoms. The van der Waals surface area contributed by atoms with Gasteiger partial charge in [-0.3, -0.25) is 0 Å². The topological polar surface area (TPSA) is 61.4 Å². The van der Waals surface area contributed by atoms with Gasteiger partial charge in [0.1, 0.15) is 0 Å². The van der Waals surface area contributed by atoms with E-state index in [1.165, 1.54) is 0 Å². The highest BCUT2D eigenvalue weighted by molar-refractivity contribution is 5.89. The smallest absolute Gasteiger partial charge is 0.319 e. The van der Waals surface area contributed by atoms with E-state index in [0.717, 1.165) is 30.5 Å². The fraction of sp³-hybridized carbons (Fsp3) is 0.533. The first-order valence-electron chi connectivity index (χ1n) is 6.78. The van der Waals surface area contributed by atoms with Crippen molar-refractivity contribution in [2.24, 2.45) is 5.41 Å². The fourth-order valence-corrected chi connectivity index (χ4v) is 2.63. The van der Waals surface area contributed by atoms with Gasteiger partial charge in [-0.25, -0.2) is 4.79 Å². The van der Waals surface area contributed by atoms with E-state index in [1.807, 2.05) is 38.1 Å². The Labute approximate surface area is 114 Å². The van der Waals surface area contributed by atoms with Crippen LogP contribution in [-0.2, 0) is 0 Å². The zero-order valence-electron chi connectivity index (χ0n) is 11.6. The molecule has 2 amide bonds. The monoisotopic (exact) mass is 262 g/mol. The quantitative estimate of drug-likeness (QED) is 0.784. The van der Waals surface area contributed by atoms with Crippen LogP contribution in [-0.4, -0.2) is 23.8 Å². The summed E-state index contributed by atoms with van der Waals surface area (Å²) in [5, 5.41) is 15.3. The van der Waals surface area contributed by atoms with Crippen LogP contribution in [0.15, 0.2) is 24.3 Å². The number of hydrogen-bond acceptors (Lipinski definition) is 2. The number of carbonyl (C=O) groups is 1. The molecule has 3 N–H and O–H groups in total. The molecule has 2 rings (SSSR count). The molecular weight excluding hydrogens is 240 g/mol. The highest BCUT2D eigenvalue weighted by Gasteiger charge is 2.39. The van der Waals surface area contributed by atoms with Gasteiger partial charge >= 0.3 is 6.03 Å². The normalized spacial score (nSPS) is 26.2. The Bertz CT molecular complexity index is 444. The molecule has 1 aromatic carbocycles. The summed E-state index contributed by atoms with van der Waals surface area (Å²) in [7, 11) is 0. The van der Waals surface area contributed by atoms with Gasteiger partial charge in [-0.2, -0.15) is 0 Å². The van der Waals surface area contributed by atoms with Crippen LogP contribution < -0.4 is 10.6 Å². The lowest BCUT2D eigenvalue weighted by atomic mass is 9.86. The van der Waals surface area contributed by atoms with Crippen LogP contribution >= 0.6 is 0 Å². The minimum absolute atomic E-state index is 0.0444. The van der Waals surface area contributed by atoms with E-state index < -0.39 is 0 Å². The van der Waals surface area contributed by atoms with Gasteiger partial charge in [0, 0.05) is 17.1 Å². The SMILES string of the molecule is Cc1ccc(NC(=O)NC2CCCC2(C)CO)cc1. The molecule has 1 aromatic rings. The van der Waals surface area contributed by atoms with Gasteiger partial charge in [-0.15, -0.1) is 0 Å². The number of aliphatic hydroxyl groups is 1. The molecule has 1 fully saturated rings. The first-order chi connectivity index (χ1) is 9.03. The van der Waals surface area contributed by atoms with Crippen LogP contribution in [0.25, 0.3) is 0 Å². The van der Waals surface area contributed by atoms with Crippen LogP contribution in [0, 0.1) is 12.3 Å². The number of aryl methyl sites for hydroxylation is 1. The standard InChI is InChI=1S/C15H22N2O2/c1-11-5-7-12(8-6-11)16-14(19)17-13-4-3-9-15(13,2)10-18/h5-8,13,18H,3-4,9-10H2,1-2H3,(H2,16,17,19). The van der Waals surface area contributed by atoms with E-state index in [9.17, 15) is 9.90 Å². The molecule has 2 atom stereocenters. The molecule has 0 saturated heterocycles. The highest BCUT2D eigenvalue weighted by atomic mass is 16.3. The van der Waals surface area contributed by atoms with Crippen LogP contribution in [0.4, 0.5) is 10.5 Å². The van der Waals surface area contributed by atoms with E-state index in [0.29, 0.717) is 0 Å². The third kappa shape index (κ3) is 3.26. The average molecular weight is 262 g/mol. The molecule has 0 radical (unpaired) electrons. The highest BCUT2D eigenvalue weighted by Crippen LogP contribution is 2.37. The summed E-state index contributed by atoms with van der Waals surface area (Å²) in [6, 6.07) is 7.54. The second-order valence-electron chi connectivity index (χ2n) is 5.72. The molecule has 1 saturated carbocycles. The number of hydrogen-bond donors (Lipinski definition) is 3. The number of amides is 2. The van der Waals surface area contributed by atoms with Crippen LogP contribution in [0.3, 0.4) is 0 Å². The van der Waals surface area contributed by atoms with Gasteiger partial charge in [0.25, 0.3) is 0 Å². The van der Waals surface area contributed by atoms with Crippen molar-refractivity contribution in [2.75, 3.05) is 11.9 Å². The first-order valence-corrected chi connectivity index (χ1v) is 6.78. The predicted molar refractivity (Wildman–Crippen MR) is 76.2 cm³/mol. The van der Waals surface area contributed by atoms with Crippen molar-refractivity contribution in [3.8, 4) is 0 Å². The molecule has 19 heavy (non-hydrogen) atoms. The van der Waals surface area contributed by atoms with Gasteiger partial charge in [0.05, 0.1) is 6.61 Å². The second kappa shape index (κ2) is 5.61. The lowest BCUT2D eigenvalue weighted by Gasteiger charge is -2.30. The maximum Gasteiger partial charge on any atom is 0.319 e. The summed E-state index contributed by atoms with van der Waals surface area (Å²) in [5.41, 5.74) is 1.76. The van der Waals surface area contributed by atoms with Crippen LogP contribution in [0.5, 0.6) is 0 Å².